The molecule has 0 aliphatic carbocycles. The molecular formula is C39H48O5SeSi. The van der Waals surface area contributed by atoms with Crippen molar-refractivity contribution >= 4 is 27.7 Å². The molecule has 0 saturated carbocycles. The zero-order valence-electron chi connectivity index (χ0n) is 27.7. The van der Waals surface area contributed by atoms with Crippen molar-refractivity contribution in [1.82, 2.24) is 0 Å². The van der Waals surface area contributed by atoms with Gasteiger partial charge in [0, 0.05) is 0 Å². The van der Waals surface area contributed by atoms with Crippen LogP contribution < -0.4 is 4.46 Å². The maximum absolute atomic E-state index is 7.08. The van der Waals surface area contributed by atoms with Gasteiger partial charge in [0.05, 0.1) is 0 Å². The fourth-order valence-corrected chi connectivity index (χ4v) is 8.54. The van der Waals surface area contributed by atoms with Gasteiger partial charge in [0.15, 0.2) is 0 Å². The van der Waals surface area contributed by atoms with Crippen molar-refractivity contribution in [1.29, 1.82) is 0 Å². The van der Waals surface area contributed by atoms with Crippen molar-refractivity contribution in [2.75, 3.05) is 6.61 Å². The molecule has 244 valence electrons. The van der Waals surface area contributed by atoms with Crippen molar-refractivity contribution in [2.24, 2.45) is 0 Å². The summed E-state index contributed by atoms with van der Waals surface area (Å²) in [6.07, 6.45) is -1.47. The first-order valence-corrected chi connectivity index (χ1v) is 20.9. The van der Waals surface area contributed by atoms with Gasteiger partial charge < -0.3 is 0 Å². The number of rotatable bonds is 14. The molecule has 0 amide bonds. The van der Waals surface area contributed by atoms with E-state index in [0.717, 1.165) is 16.7 Å². The summed E-state index contributed by atoms with van der Waals surface area (Å²) in [6, 6.07) is 41.5. The Kier molecular flexibility index (Phi) is 12.5. The Morgan fingerprint density at radius 2 is 1.00 bits per heavy atom. The molecule has 0 aromatic heterocycles. The topological polar surface area (TPSA) is 46.2 Å². The molecule has 1 saturated heterocycles. The van der Waals surface area contributed by atoms with Crippen LogP contribution in [0.5, 0.6) is 0 Å². The predicted octanol–water partition coefficient (Wildman–Crippen LogP) is 7.52. The Morgan fingerprint density at radius 1 is 0.587 bits per heavy atom. The van der Waals surface area contributed by atoms with E-state index in [0.29, 0.717) is 26.4 Å². The Morgan fingerprint density at radius 3 is 1.46 bits per heavy atom. The van der Waals surface area contributed by atoms with Gasteiger partial charge in [-0.1, -0.05) is 0 Å². The van der Waals surface area contributed by atoms with E-state index < -0.39 is 14.4 Å². The van der Waals surface area contributed by atoms with Crippen molar-refractivity contribution in [3.63, 3.8) is 0 Å². The van der Waals surface area contributed by atoms with Crippen molar-refractivity contribution in [2.45, 2.75) is 88.1 Å². The third kappa shape index (κ3) is 9.72. The van der Waals surface area contributed by atoms with Crippen LogP contribution in [0.2, 0.25) is 18.1 Å². The molecule has 1 aliphatic heterocycles. The molecule has 5 rings (SSSR count). The average molecular weight is 704 g/mol. The molecule has 4 aromatic rings. The van der Waals surface area contributed by atoms with Gasteiger partial charge in [0.25, 0.3) is 0 Å². The Bertz CT molecular complexity index is 1430. The third-order valence-electron chi connectivity index (χ3n) is 8.86. The van der Waals surface area contributed by atoms with Gasteiger partial charge in [-0.25, -0.2) is 0 Å². The second-order valence-corrected chi connectivity index (χ2v) is 20.6. The standard InChI is InChI=1S/C39H48O5SeSi/c1-39(2,3)46(4,5)43-29-34-35(40-26-30-18-10-6-11-19-30)36(41-27-31-20-12-7-13-21-31)37(42-28-32-22-14-8-15-23-32)38(44-34)45-33-24-16-9-17-25-33/h6-25,34-38H,26-29H2,1-5H3/t34-,35-,36+,37+,38-/m1/s1. The maximum atomic E-state index is 7.08. The van der Waals surface area contributed by atoms with Crippen LogP contribution in [0.25, 0.3) is 0 Å². The summed E-state index contributed by atoms with van der Waals surface area (Å²) >= 11 is -0.0450. The van der Waals surface area contributed by atoms with Crippen molar-refractivity contribution in [3.05, 3.63) is 138 Å². The summed E-state index contributed by atoms with van der Waals surface area (Å²) in [5, 5.41) is -0.135. The van der Waals surface area contributed by atoms with E-state index in [9.17, 15) is 0 Å². The van der Waals surface area contributed by atoms with Crippen LogP contribution in [0.3, 0.4) is 0 Å². The van der Waals surface area contributed by atoms with Crippen LogP contribution in [0.15, 0.2) is 121 Å². The number of hydrogen-bond donors (Lipinski definition) is 0. The molecule has 1 heterocycles. The summed E-state index contributed by atoms with van der Waals surface area (Å²) in [5.74, 6) is 0. The van der Waals surface area contributed by atoms with Gasteiger partial charge in [-0.05, 0) is 0 Å². The summed E-state index contributed by atoms with van der Waals surface area (Å²) in [4.78, 5) is 0. The first-order valence-electron chi connectivity index (χ1n) is 16.2. The summed E-state index contributed by atoms with van der Waals surface area (Å²) in [5.41, 5.74) is 3.32. The van der Waals surface area contributed by atoms with Gasteiger partial charge in [-0.3, -0.25) is 0 Å². The molecule has 0 N–H and O–H groups in total. The molecule has 5 nitrogen and oxygen atoms in total. The Labute approximate surface area is 282 Å². The SMILES string of the molecule is CC(C)(C)[Si](C)(C)OC[C@H]1O[C@H]([Se]c2ccccc2)[C@@H](OCc2ccccc2)[C@@H](OCc2ccccc2)[C@@H]1OCc1ccccc1. The first-order chi connectivity index (χ1) is 22.2. The van der Waals surface area contributed by atoms with Crippen LogP contribution in [-0.4, -0.2) is 59.3 Å². The molecule has 0 bridgehead atoms. The number of benzene rings is 4. The van der Waals surface area contributed by atoms with E-state index >= 15 is 0 Å². The van der Waals surface area contributed by atoms with Gasteiger partial charge in [-0.15, -0.1) is 0 Å². The minimum atomic E-state index is -2.07. The van der Waals surface area contributed by atoms with Crippen LogP contribution in [-0.2, 0) is 43.2 Å². The Hall–Kier alpha value is -2.58. The molecule has 1 fully saturated rings. The van der Waals surface area contributed by atoms with E-state index in [2.05, 4.69) is 101 Å². The second kappa shape index (κ2) is 16.5. The number of hydrogen-bond acceptors (Lipinski definition) is 5. The fourth-order valence-electron chi connectivity index (χ4n) is 5.11. The zero-order valence-corrected chi connectivity index (χ0v) is 30.4. The van der Waals surface area contributed by atoms with Crippen LogP contribution >= 0.6 is 0 Å². The molecular weight excluding hydrogens is 655 g/mol. The predicted molar refractivity (Wildman–Crippen MR) is 189 cm³/mol. The van der Waals surface area contributed by atoms with E-state index in [1.807, 2.05) is 54.6 Å². The van der Waals surface area contributed by atoms with Gasteiger partial charge in [0.2, 0.25) is 0 Å². The molecule has 0 radical (unpaired) electrons. The van der Waals surface area contributed by atoms with E-state index in [1.165, 1.54) is 4.46 Å². The van der Waals surface area contributed by atoms with Gasteiger partial charge >= 0.3 is 284 Å². The van der Waals surface area contributed by atoms with Gasteiger partial charge in [0.1, 0.15) is 0 Å². The number of ether oxygens (including phenoxy) is 4. The van der Waals surface area contributed by atoms with Crippen LogP contribution in [0, 0.1) is 0 Å². The summed E-state index contributed by atoms with van der Waals surface area (Å²) in [6.45, 7) is 13.2. The van der Waals surface area contributed by atoms with Crippen molar-refractivity contribution in [3.8, 4) is 0 Å². The van der Waals surface area contributed by atoms with Crippen molar-refractivity contribution < 1.29 is 23.4 Å². The molecule has 1 aliphatic rings. The second-order valence-electron chi connectivity index (χ2n) is 13.3. The van der Waals surface area contributed by atoms with E-state index in [-0.39, 0.29) is 43.3 Å². The molecule has 7 heteroatoms. The average Bonchev–Trinajstić information content (AvgIpc) is 3.06. The summed E-state index contributed by atoms with van der Waals surface area (Å²) in [7, 11) is -2.07. The Balaban J connectivity index is 1.50. The zero-order chi connectivity index (χ0) is 32.4. The molecule has 46 heavy (non-hydrogen) atoms. The van der Waals surface area contributed by atoms with Gasteiger partial charge in [-0.2, -0.15) is 0 Å². The fraction of sp³-hybridized carbons (Fsp3) is 0.385. The third-order valence-corrected chi connectivity index (χ3v) is 15.8. The normalized spacial score (nSPS) is 22.1. The van der Waals surface area contributed by atoms with E-state index in [1.54, 1.807) is 0 Å². The molecule has 5 atom stereocenters. The molecule has 0 spiro atoms. The van der Waals surface area contributed by atoms with E-state index in [4.69, 9.17) is 23.4 Å². The molecule has 4 aromatic carbocycles. The quantitative estimate of drug-likeness (QED) is 0.127. The molecule has 0 unspecified atom stereocenters. The first kappa shape index (κ1) is 34.7. The van der Waals surface area contributed by atoms with Crippen LogP contribution in [0.4, 0.5) is 0 Å². The van der Waals surface area contributed by atoms with Crippen LogP contribution in [0.1, 0.15) is 37.5 Å². The monoisotopic (exact) mass is 704 g/mol. The minimum absolute atomic E-state index is 0.0450. The summed E-state index contributed by atoms with van der Waals surface area (Å²) < 4.78 is 35.7.